The van der Waals surface area contributed by atoms with E-state index in [-0.39, 0.29) is 23.8 Å². The number of carbonyl (C=O) groups is 2. The molecule has 4 atom stereocenters. The predicted octanol–water partition coefficient (Wildman–Crippen LogP) is 1.10. The van der Waals surface area contributed by atoms with Crippen molar-refractivity contribution in [2.45, 2.75) is 51.6 Å². The Morgan fingerprint density at radius 3 is 1.36 bits per heavy atom. The maximum Gasteiger partial charge on any atom is 0.309 e. The van der Waals surface area contributed by atoms with Crippen molar-refractivity contribution in [1.82, 2.24) is 10.6 Å². The Labute approximate surface area is 133 Å². The van der Waals surface area contributed by atoms with Gasteiger partial charge in [0.1, 0.15) is 0 Å². The van der Waals surface area contributed by atoms with E-state index in [1.54, 1.807) is 0 Å². The molecule has 2 N–H and O–H groups in total. The fourth-order valence-electron chi connectivity index (χ4n) is 2.73. The summed E-state index contributed by atoms with van der Waals surface area (Å²) in [6, 6.07) is 1.10. The van der Waals surface area contributed by atoms with Gasteiger partial charge in [-0.1, -0.05) is 0 Å². The molecule has 2 aliphatic heterocycles. The molecule has 2 rings (SSSR count). The van der Waals surface area contributed by atoms with E-state index in [0.29, 0.717) is 12.1 Å². The molecule has 0 spiro atoms. The molecule has 2 aliphatic rings. The van der Waals surface area contributed by atoms with Crippen molar-refractivity contribution in [2.24, 2.45) is 11.8 Å². The lowest BCUT2D eigenvalue weighted by molar-refractivity contribution is -0.147. The smallest absolute Gasteiger partial charge is 0.309 e. The van der Waals surface area contributed by atoms with E-state index in [1.807, 2.05) is 0 Å². The maximum atomic E-state index is 11.0. The molecule has 0 saturated carbocycles. The van der Waals surface area contributed by atoms with Crippen LogP contribution < -0.4 is 10.6 Å². The topological polar surface area (TPSA) is 76.7 Å². The van der Waals surface area contributed by atoms with Crippen LogP contribution in [0.25, 0.3) is 0 Å². The van der Waals surface area contributed by atoms with Gasteiger partial charge in [0.05, 0.1) is 26.1 Å². The van der Waals surface area contributed by atoms with E-state index in [2.05, 4.69) is 34.0 Å². The van der Waals surface area contributed by atoms with Gasteiger partial charge in [-0.05, 0) is 39.5 Å². The van der Waals surface area contributed by atoms with Crippen molar-refractivity contribution in [3.8, 4) is 0 Å². The van der Waals surface area contributed by atoms with Gasteiger partial charge in [0.15, 0.2) is 0 Å². The van der Waals surface area contributed by atoms with E-state index in [4.69, 9.17) is 0 Å². The second kappa shape index (κ2) is 9.79. The normalized spacial score (nSPS) is 31.5. The van der Waals surface area contributed by atoms with E-state index < -0.39 is 0 Å². The third-order valence-corrected chi connectivity index (χ3v) is 4.39. The first-order valence-electron chi connectivity index (χ1n) is 8.10. The molecule has 0 aromatic heterocycles. The number of carbonyl (C=O) groups excluding carboxylic acids is 2. The van der Waals surface area contributed by atoms with Gasteiger partial charge in [0.2, 0.25) is 0 Å². The van der Waals surface area contributed by atoms with Crippen molar-refractivity contribution in [3.05, 3.63) is 0 Å². The number of ether oxygens (including phenoxy) is 2. The molecule has 0 unspecified atom stereocenters. The molecule has 0 bridgehead atoms. The minimum absolute atomic E-state index is 0.0793. The van der Waals surface area contributed by atoms with Gasteiger partial charge in [-0.25, -0.2) is 0 Å². The van der Waals surface area contributed by atoms with Crippen LogP contribution in [-0.4, -0.2) is 51.3 Å². The van der Waals surface area contributed by atoms with Gasteiger partial charge in [-0.15, -0.1) is 0 Å². The highest BCUT2D eigenvalue weighted by molar-refractivity contribution is 5.73. The average molecular weight is 314 g/mol. The van der Waals surface area contributed by atoms with Gasteiger partial charge in [-0.2, -0.15) is 0 Å². The van der Waals surface area contributed by atoms with Gasteiger partial charge in [-0.3, -0.25) is 9.59 Å². The molecule has 0 radical (unpaired) electrons. The molecule has 2 saturated heterocycles. The fourth-order valence-corrected chi connectivity index (χ4v) is 2.73. The molecular weight excluding hydrogens is 284 g/mol. The third-order valence-electron chi connectivity index (χ3n) is 4.39. The van der Waals surface area contributed by atoms with Crippen molar-refractivity contribution in [3.63, 3.8) is 0 Å². The maximum absolute atomic E-state index is 11.0. The summed E-state index contributed by atoms with van der Waals surface area (Å²) in [5.41, 5.74) is 0. The van der Waals surface area contributed by atoms with Crippen LogP contribution in [0.2, 0.25) is 0 Å². The molecule has 0 aliphatic carbocycles. The molecule has 0 aromatic rings. The Morgan fingerprint density at radius 1 is 0.773 bits per heavy atom. The molecule has 6 heteroatoms. The van der Waals surface area contributed by atoms with E-state index in [1.165, 1.54) is 14.2 Å². The summed E-state index contributed by atoms with van der Waals surface area (Å²) in [4.78, 5) is 22.0. The average Bonchev–Trinajstić information content (AvgIpc) is 2.55. The summed E-state index contributed by atoms with van der Waals surface area (Å²) in [6.07, 6.45) is 4.06. The van der Waals surface area contributed by atoms with Gasteiger partial charge >= 0.3 is 11.9 Å². The van der Waals surface area contributed by atoms with Gasteiger partial charge in [0.25, 0.3) is 0 Å². The Hall–Kier alpha value is -1.14. The number of piperidine rings is 2. The van der Waals surface area contributed by atoms with Crippen LogP contribution in [0.5, 0.6) is 0 Å². The Balaban J connectivity index is 0.000000220. The Morgan fingerprint density at radius 2 is 1.14 bits per heavy atom. The highest BCUT2D eigenvalue weighted by Gasteiger charge is 2.24. The van der Waals surface area contributed by atoms with E-state index in [0.717, 1.165) is 38.8 Å². The van der Waals surface area contributed by atoms with Gasteiger partial charge < -0.3 is 20.1 Å². The largest absolute Gasteiger partial charge is 0.469 e. The number of rotatable bonds is 2. The quantitative estimate of drug-likeness (QED) is 0.743. The lowest BCUT2D eigenvalue weighted by Gasteiger charge is -2.25. The number of nitrogens with one attached hydrogen (secondary N) is 2. The number of esters is 2. The fraction of sp³-hybridized carbons (Fsp3) is 0.875. The zero-order valence-corrected chi connectivity index (χ0v) is 14.2. The highest BCUT2D eigenvalue weighted by atomic mass is 16.5. The van der Waals surface area contributed by atoms with E-state index in [9.17, 15) is 9.59 Å². The zero-order valence-electron chi connectivity index (χ0n) is 14.2. The molecule has 6 nitrogen and oxygen atoms in total. The first-order valence-corrected chi connectivity index (χ1v) is 8.10. The Bertz CT molecular complexity index is 312. The molecule has 22 heavy (non-hydrogen) atoms. The SMILES string of the molecule is COC(=O)[C@@H]1CC[C@H](C)NC1.COC(=O)[C@H]1CC[C@@H](C)NC1. The summed E-state index contributed by atoms with van der Waals surface area (Å²) in [6.45, 7) is 5.81. The Kier molecular flexibility index (Phi) is 8.42. The summed E-state index contributed by atoms with van der Waals surface area (Å²) in [7, 11) is 2.89. The first kappa shape index (κ1) is 18.9. The van der Waals surface area contributed by atoms with Crippen LogP contribution in [-0.2, 0) is 19.1 Å². The molecule has 0 amide bonds. The zero-order chi connectivity index (χ0) is 16.5. The summed E-state index contributed by atoms with van der Waals surface area (Å²) >= 11 is 0. The minimum atomic E-state index is -0.0793. The third kappa shape index (κ3) is 6.32. The van der Waals surface area contributed by atoms with Crippen molar-refractivity contribution >= 4 is 11.9 Å². The number of methoxy groups -OCH3 is 2. The summed E-state index contributed by atoms with van der Waals surface area (Å²) in [5, 5.41) is 6.49. The van der Waals surface area contributed by atoms with Crippen LogP contribution in [0.4, 0.5) is 0 Å². The lowest BCUT2D eigenvalue weighted by atomic mass is 9.96. The van der Waals surface area contributed by atoms with Crippen LogP contribution in [0.3, 0.4) is 0 Å². The minimum Gasteiger partial charge on any atom is -0.469 e. The van der Waals surface area contributed by atoms with Gasteiger partial charge in [0, 0.05) is 25.2 Å². The van der Waals surface area contributed by atoms with Crippen LogP contribution >= 0.6 is 0 Å². The van der Waals surface area contributed by atoms with Crippen LogP contribution in [0.1, 0.15) is 39.5 Å². The lowest BCUT2D eigenvalue weighted by Crippen LogP contribution is -2.40. The van der Waals surface area contributed by atoms with E-state index >= 15 is 0 Å². The predicted molar refractivity (Wildman–Crippen MR) is 84.4 cm³/mol. The monoisotopic (exact) mass is 314 g/mol. The van der Waals surface area contributed by atoms with Crippen LogP contribution in [0.15, 0.2) is 0 Å². The second-order valence-corrected chi connectivity index (χ2v) is 6.21. The van der Waals surface area contributed by atoms with Crippen LogP contribution in [0, 0.1) is 11.8 Å². The highest BCUT2D eigenvalue weighted by Crippen LogP contribution is 2.15. The second-order valence-electron chi connectivity index (χ2n) is 6.21. The standard InChI is InChI=1S/2C8H15NO2/c2*1-6-3-4-7(5-9-6)8(10)11-2/h2*6-7,9H,3-5H2,1-2H3/t2*6-,7+/m10/s1. The number of hydrogen-bond acceptors (Lipinski definition) is 6. The summed E-state index contributed by atoms with van der Waals surface area (Å²) < 4.78 is 9.29. The molecular formula is C16H30N2O4. The molecule has 2 fully saturated rings. The van der Waals surface area contributed by atoms with Crippen molar-refractivity contribution < 1.29 is 19.1 Å². The summed E-state index contributed by atoms with van der Waals surface area (Å²) in [5.74, 6) is 0.00111. The molecule has 128 valence electrons. The van der Waals surface area contributed by atoms with Crippen molar-refractivity contribution in [1.29, 1.82) is 0 Å². The number of hydrogen-bond donors (Lipinski definition) is 2. The molecule has 2 heterocycles. The first-order chi connectivity index (χ1) is 10.5. The van der Waals surface area contributed by atoms with Crippen molar-refractivity contribution in [2.75, 3.05) is 27.3 Å². The molecule has 0 aromatic carbocycles.